The lowest BCUT2D eigenvalue weighted by Crippen LogP contribution is -2.11. The van der Waals surface area contributed by atoms with Crippen LogP contribution in [-0.4, -0.2) is 16.3 Å². The highest BCUT2D eigenvalue weighted by atomic mass is 15.3. The van der Waals surface area contributed by atoms with Gasteiger partial charge in [0.2, 0.25) is 0 Å². The third kappa shape index (κ3) is 2.39. The van der Waals surface area contributed by atoms with E-state index in [1.54, 1.807) is 0 Å². The topological polar surface area (TPSA) is 43.8 Å². The molecule has 0 aliphatic heterocycles. The SMILES string of the molecule is CCc1nn(C2CCCC2)c(CC)c1CCN. The van der Waals surface area contributed by atoms with Gasteiger partial charge < -0.3 is 5.73 Å². The normalized spacial score (nSPS) is 16.9. The Morgan fingerprint density at radius 1 is 1.24 bits per heavy atom. The van der Waals surface area contributed by atoms with Crippen molar-refractivity contribution in [3.05, 3.63) is 17.0 Å². The van der Waals surface area contributed by atoms with Gasteiger partial charge in [-0.3, -0.25) is 4.68 Å². The Morgan fingerprint density at radius 2 is 1.94 bits per heavy atom. The van der Waals surface area contributed by atoms with Crippen LogP contribution in [0.5, 0.6) is 0 Å². The zero-order valence-electron chi connectivity index (χ0n) is 11.2. The molecule has 96 valence electrons. The second-order valence-electron chi connectivity index (χ2n) is 5.00. The number of nitrogens with zero attached hydrogens (tertiary/aromatic N) is 2. The van der Waals surface area contributed by atoms with Crippen LogP contribution >= 0.6 is 0 Å². The molecule has 0 radical (unpaired) electrons. The highest BCUT2D eigenvalue weighted by molar-refractivity contribution is 5.27. The van der Waals surface area contributed by atoms with Gasteiger partial charge in [0.1, 0.15) is 0 Å². The summed E-state index contributed by atoms with van der Waals surface area (Å²) in [4.78, 5) is 0. The molecule has 0 atom stereocenters. The quantitative estimate of drug-likeness (QED) is 0.852. The molecule has 2 rings (SSSR count). The number of hydrogen-bond acceptors (Lipinski definition) is 2. The van der Waals surface area contributed by atoms with Crippen LogP contribution in [0, 0.1) is 0 Å². The zero-order chi connectivity index (χ0) is 12.3. The predicted molar refractivity (Wildman–Crippen MR) is 71.2 cm³/mol. The molecule has 0 amide bonds. The molecular weight excluding hydrogens is 210 g/mol. The lowest BCUT2D eigenvalue weighted by Gasteiger charge is -2.14. The zero-order valence-corrected chi connectivity index (χ0v) is 11.2. The summed E-state index contributed by atoms with van der Waals surface area (Å²) < 4.78 is 2.33. The third-order valence-electron chi connectivity index (χ3n) is 3.94. The van der Waals surface area contributed by atoms with Crippen LogP contribution in [0.25, 0.3) is 0 Å². The van der Waals surface area contributed by atoms with E-state index >= 15 is 0 Å². The molecule has 1 aliphatic carbocycles. The molecule has 17 heavy (non-hydrogen) atoms. The van der Waals surface area contributed by atoms with Crippen LogP contribution in [-0.2, 0) is 19.3 Å². The monoisotopic (exact) mass is 235 g/mol. The Kier molecular flexibility index (Phi) is 4.21. The van der Waals surface area contributed by atoms with Crippen LogP contribution < -0.4 is 5.73 Å². The number of nitrogens with two attached hydrogens (primary N) is 1. The van der Waals surface area contributed by atoms with E-state index in [9.17, 15) is 0 Å². The molecule has 3 nitrogen and oxygen atoms in total. The van der Waals surface area contributed by atoms with E-state index in [4.69, 9.17) is 10.8 Å². The van der Waals surface area contributed by atoms with Crippen LogP contribution in [0.3, 0.4) is 0 Å². The average molecular weight is 235 g/mol. The summed E-state index contributed by atoms with van der Waals surface area (Å²) in [5.74, 6) is 0. The van der Waals surface area contributed by atoms with Crippen molar-refractivity contribution in [1.29, 1.82) is 0 Å². The van der Waals surface area contributed by atoms with Crippen molar-refractivity contribution in [3.8, 4) is 0 Å². The van der Waals surface area contributed by atoms with Crippen molar-refractivity contribution in [2.75, 3.05) is 6.54 Å². The van der Waals surface area contributed by atoms with Gasteiger partial charge >= 0.3 is 0 Å². The second-order valence-corrected chi connectivity index (χ2v) is 5.00. The van der Waals surface area contributed by atoms with E-state index in [1.807, 2.05) is 0 Å². The first-order valence-electron chi connectivity index (χ1n) is 7.11. The number of aryl methyl sites for hydroxylation is 1. The molecule has 1 aliphatic rings. The van der Waals surface area contributed by atoms with Crippen molar-refractivity contribution in [2.24, 2.45) is 5.73 Å². The highest BCUT2D eigenvalue weighted by Gasteiger charge is 2.23. The van der Waals surface area contributed by atoms with Crippen molar-refractivity contribution >= 4 is 0 Å². The van der Waals surface area contributed by atoms with Gasteiger partial charge in [-0.1, -0.05) is 26.7 Å². The van der Waals surface area contributed by atoms with E-state index in [-0.39, 0.29) is 0 Å². The fourth-order valence-electron chi connectivity index (χ4n) is 3.10. The molecule has 1 aromatic heterocycles. The third-order valence-corrected chi connectivity index (χ3v) is 3.94. The molecular formula is C14H25N3. The van der Waals surface area contributed by atoms with E-state index in [0.29, 0.717) is 6.04 Å². The molecule has 0 unspecified atom stereocenters. The number of hydrogen-bond donors (Lipinski definition) is 1. The van der Waals surface area contributed by atoms with Crippen molar-refractivity contribution in [1.82, 2.24) is 9.78 Å². The summed E-state index contributed by atoms with van der Waals surface area (Å²) in [5, 5.41) is 4.86. The molecule has 3 heteroatoms. The van der Waals surface area contributed by atoms with Crippen molar-refractivity contribution in [3.63, 3.8) is 0 Å². The summed E-state index contributed by atoms with van der Waals surface area (Å²) in [6, 6.07) is 0.654. The minimum absolute atomic E-state index is 0.654. The average Bonchev–Trinajstić information content (AvgIpc) is 2.95. The Hall–Kier alpha value is -0.830. The molecule has 0 bridgehead atoms. The molecule has 1 heterocycles. The van der Waals surface area contributed by atoms with Gasteiger partial charge in [-0.2, -0.15) is 5.10 Å². The molecule has 2 N–H and O–H groups in total. The first kappa shape index (κ1) is 12.6. The highest BCUT2D eigenvalue weighted by Crippen LogP contribution is 2.32. The summed E-state index contributed by atoms with van der Waals surface area (Å²) >= 11 is 0. The Bertz CT molecular complexity index is 362. The number of rotatable bonds is 5. The number of aromatic nitrogens is 2. The summed E-state index contributed by atoms with van der Waals surface area (Å²) in [7, 11) is 0. The van der Waals surface area contributed by atoms with Gasteiger partial charge in [-0.25, -0.2) is 0 Å². The standard InChI is InChI=1S/C14H25N3/c1-3-13-12(9-10-15)14(4-2)17(16-13)11-7-5-6-8-11/h11H,3-10,15H2,1-2H3. The van der Waals surface area contributed by atoms with E-state index in [1.165, 1.54) is 42.6 Å². The predicted octanol–water partition coefficient (Wildman–Crippen LogP) is 2.62. The maximum absolute atomic E-state index is 5.73. The molecule has 1 aromatic rings. The van der Waals surface area contributed by atoms with Crippen LogP contribution in [0.1, 0.15) is 62.5 Å². The van der Waals surface area contributed by atoms with E-state index < -0.39 is 0 Å². The molecule has 1 saturated carbocycles. The van der Waals surface area contributed by atoms with Gasteiger partial charge in [0.25, 0.3) is 0 Å². The van der Waals surface area contributed by atoms with Gasteiger partial charge in [-0.05, 0) is 44.2 Å². The molecule has 0 spiro atoms. The second kappa shape index (κ2) is 5.67. The minimum Gasteiger partial charge on any atom is -0.330 e. The molecule has 1 fully saturated rings. The summed E-state index contributed by atoms with van der Waals surface area (Å²) in [6.07, 6.45) is 8.43. The van der Waals surface area contributed by atoms with Gasteiger partial charge in [0, 0.05) is 5.69 Å². The first-order chi connectivity index (χ1) is 8.31. The van der Waals surface area contributed by atoms with Crippen molar-refractivity contribution in [2.45, 2.75) is 64.8 Å². The van der Waals surface area contributed by atoms with E-state index in [0.717, 1.165) is 25.8 Å². The molecule has 0 aromatic carbocycles. The smallest absolute Gasteiger partial charge is 0.0657 e. The van der Waals surface area contributed by atoms with Crippen LogP contribution in [0.4, 0.5) is 0 Å². The minimum atomic E-state index is 0.654. The Balaban J connectivity index is 2.36. The fourth-order valence-corrected chi connectivity index (χ4v) is 3.10. The van der Waals surface area contributed by atoms with Gasteiger partial charge in [-0.15, -0.1) is 0 Å². The largest absolute Gasteiger partial charge is 0.330 e. The lowest BCUT2D eigenvalue weighted by molar-refractivity contribution is 0.447. The first-order valence-corrected chi connectivity index (χ1v) is 7.11. The maximum atomic E-state index is 5.73. The van der Waals surface area contributed by atoms with Crippen molar-refractivity contribution < 1.29 is 0 Å². The van der Waals surface area contributed by atoms with Crippen LogP contribution in [0.2, 0.25) is 0 Å². The summed E-state index contributed by atoms with van der Waals surface area (Å²) in [5.41, 5.74) is 9.89. The van der Waals surface area contributed by atoms with Gasteiger partial charge in [0.15, 0.2) is 0 Å². The summed E-state index contributed by atoms with van der Waals surface area (Å²) in [6.45, 7) is 5.17. The fraction of sp³-hybridized carbons (Fsp3) is 0.786. The maximum Gasteiger partial charge on any atom is 0.0657 e. The van der Waals surface area contributed by atoms with Crippen LogP contribution in [0.15, 0.2) is 0 Å². The van der Waals surface area contributed by atoms with E-state index in [2.05, 4.69) is 18.5 Å². The lowest BCUT2D eigenvalue weighted by atomic mass is 10.1. The Morgan fingerprint density at radius 3 is 2.47 bits per heavy atom. The molecule has 0 saturated heterocycles. The Labute approximate surface area is 104 Å². The van der Waals surface area contributed by atoms with Gasteiger partial charge in [0.05, 0.1) is 11.7 Å².